The van der Waals surface area contributed by atoms with Crippen molar-refractivity contribution in [1.29, 1.82) is 0 Å². The van der Waals surface area contributed by atoms with Crippen LogP contribution in [0.25, 0.3) is 0 Å². The summed E-state index contributed by atoms with van der Waals surface area (Å²) in [5.41, 5.74) is 0. The average Bonchev–Trinajstić information content (AvgIpc) is 1.79. The summed E-state index contributed by atoms with van der Waals surface area (Å²) in [7, 11) is 0. The van der Waals surface area contributed by atoms with Crippen molar-refractivity contribution in [3.63, 3.8) is 0 Å². The molecule has 2 N–H and O–H groups in total. The van der Waals surface area contributed by atoms with Gasteiger partial charge in [-0.1, -0.05) is 0 Å². The zero-order valence-corrected chi connectivity index (χ0v) is 10.3. The predicted octanol–water partition coefficient (Wildman–Crippen LogP) is -0.468. The first kappa shape index (κ1) is 13.4. The van der Waals surface area contributed by atoms with Gasteiger partial charge < -0.3 is 10.2 Å². The Hall–Kier alpha value is -0.242. The first-order valence-electron chi connectivity index (χ1n) is 3.06. The van der Waals surface area contributed by atoms with E-state index in [4.69, 9.17) is 10.2 Å². The molecule has 0 spiro atoms. The van der Waals surface area contributed by atoms with Gasteiger partial charge in [0.15, 0.2) is 0 Å². The van der Waals surface area contributed by atoms with Crippen LogP contribution in [0.2, 0.25) is 0 Å². The minimum atomic E-state index is -0.870. The fourth-order valence-electron chi connectivity index (χ4n) is 0.552. The van der Waals surface area contributed by atoms with Crippen molar-refractivity contribution in [3.8, 4) is 0 Å². The van der Waals surface area contributed by atoms with Crippen LogP contribution in [0.1, 0.15) is 25.7 Å². The van der Waals surface area contributed by atoms with Crippen LogP contribution in [0.4, 0.5) is 0 Å². The van der Waals surface area contributed by atoms with Crippen LogP contribution < -0.4 is 0 Å². The normalized spacial score (nSPS) is 8.36. The van der Waals surface area contributed by atoms with Gasteiger partial charge in [-0.15, -0.1) is 0 Å². The van der Waals surface area contributed by atoms with E-state index in [2.05, 4.69) is 0 Å². The molecule has 0 aliphatic rings. The maximum absolute atomic E-state index is 9.90. The van der Waals surface area contributed by atoms with Gasteiger partial charge >= 0.3 is 36.4 Å². The van der Waals surface area contributed by atoms with E-state index in [-0.39, 0.29) is 37.3 Å². The third-order valence-electron chi connectivity index (χ3n) is 1.03. The molecule has 0 aliphatic heterocycles. The molecule has 0 heterocycles. The van der Waals surface area contributed by atoms with E-state index in [1.165, 1.54) is 0 Å². The number of carboxylic acid groups (broad SMARTS) is 2. The predicted molar refractivity (Wildman–Crippen MR) is 43.7 cm³/mol. The van der Waals surface area contributed by atoms with Crippen LogP contribution in [0, 0.1) is 0 Å². The van der Waals surface area contributed by atoms with E-state index >= 15 is 0 Å². The summed E-state index contributed by atoms with van der Waals surface area (Å²) in [6.45, 7) is 0. The SMILES string of the molecule is O=C(O)CCCCC(=O)O.[SbH3]. The first-order chi connectivity index (χ1) is 4.63. The Morgan fingerprint density at radius 1 is 0.909 bits per heavy atom. The third kappa shape index (κ3) is 12.9. The molecule has 0 bridgehead atoms. The van der Waals surface area contributed by atoms with Crippen molar-refractivity contribution in [1.82, 2.24) is 0 Å². The number of hydrogen-bond acceptors (Lipinski definition) is 2. The summed E-state index contributed by atoms with van der Waals surface area (Å²) in [6.07, 6.45) is 1.02. The Balaban J connectivity index is 0. The summed E-state index contributed by atoms with van der Waals surface area (Å²) in [4.78, 5) is 19.8. The fourth-order valence-corrected chi connectivity index (χ4v) is 0.552. The summed E-state index contributed by atoms with van der Waals surface area (Å²) < 4.78 is 0. The Morgan fingerprint density at radius 2 is 1.18 bits per heavy atom. The Bertz CT molecular complexity index is 119. The van der Waals surface area contributed by atoms with Crippen LogP contribution in [-0.4, -0.2) is 46.6 Å². The standard InChI is InChI=1S/C6H10O4.Sb.3H/c7-5(8)3-1-2-4-6(9)10;;;;/h1-4H2,(H,7,8)(H,9,10);;;;. The van der Waals surface area contributed by atoms with Gasteiger partial charge in [-0.05, 0) is 12.8 Å². The molecule has 0 aromatic heterocycles. The zero-order valence-electron chi connectivity index (χ0n) is 6.25. The molecule has 0 saturated heterocycles. The van der Waals surface area contributed by atoms with Gasteiger partial charge in [-0.25, -0.2) is 0 Å². The Morgan fingerprint density at radius 3 is 1.36 bits per heavy atom. The quantitative estimate of drug-likeness (QED) is 0.523. The van der Waals surface area contributed by atoms with Crippen molar-refractivity contribution in [2.24, 2.45) is 0 Å². The van der Waals surface area contributed by atoms with Crippen LogP contribution in [-0.2, 0) is 9.59 Å². The second-order valence-corrected chi connectivity index (χ2v) is 1.99. The molecule has 4 nitrogen and oxygen atoms in total. The van der Waals surface area contributed by atoms with E-state index < -0.39 is 11.9 Å². The molecule has 0 unspecified atom stereocenters. The molecular weight excluding hydrogens is 258 g/mol. The van der Waals surface area contributed by atoms with Gasteiger partial charge in [-0.3, -0.25) is 9.59 Å². The molecule has 0 aliphatic carbocycles. The van der Waals surface area contributed by atoms with Gasteiger partial charge in [0.2, 0.25) is 0 Å². The summed E-state index contributed by atoms with van der Waals surface area (Å²) in [5, 5.41) is 16.3. The number of carbonyl (C=O) groups is 2. The monoisotopic (exact) mass is 270 g/mol. The molecular formula is C6H13O4Sb. The van der Waals surface area contributed by atoms with Crippen molar-refractivity contribution in [3.05, 3.63) is 0 Å². The summed E-state index contributed by atoms with van der Waals surface area (Å²) >= 11 is 0. The second kappa shape index (κ2) is 7.86. The molecule has 0 rings (SSSR count). The first-order valence-corrected chi connectivity index (χ1v) is 3.06. The van der Waals surface area contributed by atoms with E-state index in [0.717, 1.165) is 0 Å². The number of aliphatic carboxylic acids is 2. The van der Waals surface area contributed by atoms with Gasteiger partial charge in [0, 0.05) is 12.8 Å². The van der Waals surface area contributed by atoms with Crippen molar-refractivity contribution < 1.29 is 19.8 Å². The van der Waals surface area contributed by atoms with Gasteiger partial charge in [-0.2, -0.15) is 0 Å². The summed E-state index contributed by atoms with van der Waals surface area (Å²) in [5.74, 6) is -1.74. The van der Waals surface area contributed by atoms with E-state index in [9.17, 15) is 9.59 Å². The number of carboxylic acids is 2. The van der Waals surface area contributed by atoms with Crippen molar-refractivity contribution in [2.75, 3.05) is 0 Å². The fraction of sp³-hybridized carbons (Fsp3) is 0.667. The van der Waals surface area contributed by atoms with Crippen molar-refractivity contribution >= 4 is 36.4 Å². The molecule has 0 atom stereocenters. The third-order valence-corrected chi connectivity index (χ3v) is 1.03. The topological polar surface area (TPSA) is 74.6 Å². The minimum absolute atomic E-state index is 0. The van der Waals surface area contributed by atoms with E-state index in [0.29, 0.717) is 12.8 Å². The molecule has 0 fully saturated rings. The summed E-state index contributed by atoms with van der Waals surface area (Å²) in [6, 6.07) is 0. The van der Waals surface area contributed by atoms with Crippen LogP contribution in [0.5, 0.6) is 0 Å². The van der Waals surface area contributed by atoms with E-state index in [1.807, 2.05) is 0 Å². The maximum atomic E-state index is 9.90. The molecule has 0 aromatic carbocycles. The Labute approximate surface area is 82.0 Å². The number of rotatable bonds is 5. The molecule has 66 valence electrons. The molecule has 0 radical (unpaired) electrons. The van der Waals surface area contributed by atoms with Crippen LogP contribution in [0.15, 0.2) is 0 Å². The zero-order chi connectivity index (χ0) is 7.98. The van der Waals surface area contributed by atoms with Gasteiger partial charge in [0.1, 0.15) is 0 Å². The van der Waals surface area contributed by atoms with Gasteiger partial charge in [0.25, 0.3) is 0 Å². The molecule has 5 heteroatoms. The average molecular weight is 271 g/mol. The van der Waals surface area contributed by atoms with Crippen LogP contribution >= 0.6 is 0 Å². The molecule has 0 amide bonds. The molecule has 0 saturated carbocycles. The molecule has 0 aromatic rings. The van der Waals surface area contributed by atoms with Crippen LogP contribution in [0.3, 0.4) is 0 Å². The second-order valence-electron chi connectivity index (χ2n) is 1.99. The Kier molecular flexibility index (Phi) is 9.54. The van der Waals surface area contributed by atoms with E-state index in [1.54, 1.807) is 0 Å². The van der Waals surface area contributed by atoms with Gasteiger partial charge in [0.05, 0.1) is 0 Å². The van der Waals surface area contributed by atoms with Crippen molar-refractivity contribution in [2.45, 2.75) is 25.7 Å². The number of hydrogen-bond donors (Lipinski definition) is 2. The number of unbranched alkanes of at least 4 members (excludes halogenated alkanes) is 1. The molecule has 11 heavy (non-hydrogen) atoms.